The summed E-state index contributed by atoms with van der Waals surface area (Å²) in [6.45, 7) is 11.7. The zero-order valence-corrected chi connectivity index (χ0v) is 24.3. The van der Waals surface area contributed by atoms with Crippen molar-refractivity contribution in [3.05, 3.63) is 0 Å². The molecule has 0 aliphatic carbocycles. The molecule has 0 unspecified atom stereocenters. The van der Waals surface area contributed by atoms with Crippen LogP contribution in [0.15, 0.2) is 25.0 Å². The first-order valence-corrected chi connectivity index (χ1v) is 11.0. The molecule has 0 bridgehead atoms. The second-order valence-corrected chi connectivity index (χ2v) is 7.39. The van der Waals surface area contributed by atoms with Crippen LogP contribution in [-0.4, -0.2) is 115 Å². The number of nitrogens with zero attached hydrogens (tertiary/aromatic N) is 7. The molecule has 0 heterocycles. The topological polar surface area (TPSA) is 77.5 Å². The summed E-state index contributed by atoms with van der Waals surface area (Å²) < 4.78 is 4.65. The van der Waals surface area contributed by atoms with Crippen molar-refractivity contribution >= 4 is 40.1 Å². The molecule has 0 aromatic rings. The SMILES string of the molecule is CN=C(C)C.CN=C(C)N(C)C.CN=C(C)N(C)C.CN=C(C)OC.CN=C(C)SC. The maximum Gasteiger partial charge on any atom is 0.179 e. The van der Waals surface area contributed by atoms with E-state index in [1.54, 1.807) is 61.0 Å². The smallest absolute Gasteiger partial charge is 0.179 e. The van der Waals surface area contributed by atoms with E-state index >= 15 is 0 Å². The Morgan fingerprint density at radius 1 is 0.613 bits per heavy atom. The van der Waals surface area contributed by atoms with Gasteiger partial charge in [0.15, 0.2) is 5.90 Å². The van der Waals surface area contributed by atoms with E-state index in [4.69, 9.17) is 0 Å². The lowest BCUT2D eigenvalue weighted by molar-refractivity contribution is 0.399. The van der Waals surface area contributed by atoms with Crippen LogP contribution < -0.4 is 0 Å². The van der Waals surface area contributed by atoms with Crippen LogP contribution >= 0.6 is 11.8 Å². The highest BCUT2D eigenvalue weighted by Crippen LogP contribution is 1.93. The van der Waals surface area contributed by atoms with E-state index in [9.17, 15) is 0 Å². The lowest BCUT2D eigenvalue weighted by Gasteiger charge is -2.08. The van der Waals surface area contributed by atoms with Crippen LogP contribution in [0.1, 0.15) is 41.5 Å². The van der Waals surface area contributed by atoms with Gasteiger partial charge in [0.25, 0.3) is 0 Å². The molecule has 0 atom stereocenters. The maximum absolute atomic E-state index is 4.65. The summed E-state index contributed by atoms with van der Waals surface area (Å²) in [4.78, 5) is 23.2. The zero-order valence-electron chi connectivity index (χ0n) is 23.4. The summed E-state index contributed by atoms with van der Waals surface area (Å²) in [5.74, 6) is 2.83. The monoisotopic (exact) mass is 461 g/mol. The van der Waals surface area contributed by atoms with Gasteiger partial charge >= 0.3 is 0 Å². The number of hydrogen-bond acceptors (Lipinski definition) is 7. The molecule has 0 radical (unpaired) electrons. The van der Waals surface area contributed by atoms with Gasteiger partial charge in [-0.2, -0.15) is 0 Å². The Morgan fingerprint density at radius 2 is 0.935 bits per heavy atom. The van der Waals surface area contributed by atoms with Gasteiger partial charge in [-0.3, -0.25) is 25.0 Å². The molecule has 9 heteroatoms. The third-order valence-corrected chi connectivity index (χ3v) is 4.38. The van der Waals surface area contributed by atoms with Gasteiger partial charge in [-0.1, -0.05) is 0 Å². The quantitative estimate of drug-likeness (QED) is 0.396. The van der Waals surface area contributed by atoms with Crippen molar-refractivity contribution in [3.63, 3.8) is 0 Å². The van der Waals surface area contributed by atoms with Crippen LogP contribution in [0.5, 0.6) is 0 Å². The molecular weight excluding hydrogens is 410 g/mol. The van der Waals surface area contributed by atoms with Crippen molar-refractivity contribution < 1.29 is 4.74 Å². The largest absolute Gasteiger partial charge is 0.485 e. The minimum atomic E-state index is 0.718. The standard InChI is InChI=1S/2C5H12N2.C4H9NO.C4H9NS.C4H9N/c2*1-5(6-2)7(3)4;2*1-4(5-2)6-3;1-4(2)5-3/h2*1-4H3;2*1-3H3;1-3H3. The fraction of sp³-hybridized carbons (Fsp3) is 0.773. The van der Waals surface area contributed by atoms with Gasteiger partial charge in [0.2, 0.25) is 0 Å². The van der Waals surface area contributed by atoms with Gasteiger partial charge in [-0.15, -0.1) is 11.8 Å². The zero-order chi connectivity index (χ0) is 26.0. The molecule has 0 N–H and O–H groups in total. The van der Waals surface area contributed by atoms with Gasteiger partial charge in [0.05, 0.1) is 23.8 Å². The summed E-state index contributed by atoms with van der Waals surface area (Å²) in [5.41, 5.74) is 1.13. The van der Waals surface area contributed by atoms with Crippen LogP contribution in [0.3, 0.4) is 0 Å². The predicted molar refractivity (Wildman–Crippen MR) is 149 cm³/mol. The van der Waals surface area contributed by atoms with Gasteiger partial charge < -0.3 is 14.5 Å². The lowest BCUT2D eigenvalue weighted by Crippen LogP contribution is -2.17. The minimum Gasteiger partial charge on any atom is -0.485 e. The number of aliphatic imine (C=N–C) groups is 5. The van der Waals surface area contributed by atoms with Crippen LogP contribution in [-0.2, 0) is 4.74 Å². The Balaban J connectivity index is -0.0000000913. The van der Waals surface area contributed by atoms with Crippen LogP contribution in [0, 0.1) is 0 Å². The fourth-order valence-corrected chi connectivity index (χ4v) is 0.765. The van der Waals surface area contributed by atoms with E-state index in [-0.39, 0.29) is 0 Å². The number of rotatable bonds is 0. The highest BCUT2D eigenvalue weighted by Gasteiger charge is 1.85. The first-order valence-electron chi connectivity index (χ1n) is 9.81. The van der Waals surface area contributed by atoms with Crippen LogP contribution in [0.2, 0.25) is 0 Å². The molecule has 0 fully saturated rings. The fourth-order valence-electron chi connectivity index (χ4n) is 0.583. The average Bonchev–Trinajstić information content (AvgIpc) is 2.77. The minimum absolute atomic E-state index is 0.718. The van der Waals surface area contributed by atoms with Gasteiger partial charge in [-0.25, -0.2) is 0 Å². The third-order valence-electron chi connectivity index (χ3n) is 3.61. The Hall–Kier alpha value is -1.90. The summed E-state index contributed by atoms with van der Waals surface area (Å²) in [6.07, 6.45) is 2.02. The number of thioether (sulfide) groups is 1. The molecule has 0 saturated heterocycles. The lowest BCUT2D eigenvalue weighted by atomic mass is 10.5. The normalized spacial score (nSPS) is 11.0. The summed E-state index contributed by atoms with van der Waals surface area (Å²) in [7, 11) is 18.3. The Labute approximate surface area is 198 Å². The van der Waals surface area contributed by atoms with Crippen LogP contribution in [0.25, 0.3) is 0 Å². The van der Waals surface area contributed by atoms with E-state index in [1.807, 2.05) is 78.9 Å². The molecule has 0 aromatic carbocycles. The molecule has 0 aliphatic heterocycles. The molecule has 8 nitrogen and oxygen atoms in total. The molecule has 31 heavy (non-hydrogen) atoms. The molecule has 0 aromatic heterocycles. The highest BCUT2D eigenvalue weighted by atomic mass is 32.2. The first kappa shape index (κ1) is 39.6. The Kier molecular flexibility index (Phi) is 38.7. The molecule has 186 valence electrons. The number of amidine groups is 2. The van der Waals surface area contributed by atoms with Gasteiger partial charge in [-0.05, 0) is 40.9 Å². The van der Waals surface area contributed by atoms with E-state index in [2.05, 4.69) is 29.7 Å². The van der Waals surface area contributed by atoms with Gasteiger partial charge in [0.1, 0.15) is 0 Å². The summed E-state index contributed by atoms with van der Waals surface area (Å²) in [5, 5.41) is 1.13. The van der Waals surface area contributed by atoms with Crippen molar-refractivity contribution in [1.29, 1.82) is 0 Å². The maximum atomic E-state index is 4.65. The molecule has 0 rings (SSSR count). The van der Waals surface area contributed by atoms with E-state index in [0.717, 1.165) is 28.3 Å². The molecule has 0 amide bonds. The van der Waals surface area contributed by atoms with Gasteiger partial charge in [0, 0.05) is 76.1 Å². The molecule has 0 aliphatic rings. The second-order valence-electron chi connectivity index (χ2n) is 6.39. The van der Waals surface area contributed by atoms with Crippen LogP contribution in [0.4, 0.5) is 0 Å². The average molecular weight is 462 g/mol. The van der Waals surface area contributed by atoms with Crippen molar-refractivity contribution in [3.8, 4) is 0 Å². The van der Waals surface area contributed by atoms with Crippen molar-refractivity contribution in [2.75, 3.05) is 76.8 Å². The Bertz CT molecular complexity index is 494. The molecular formula is C22H51N7OS. The highest BCUT2D eigenvalue weighted by molar-refractivity contribution is 8.13. The third kappa shape index (κ3) is 47.4. The predicted octanol–water partition coefficient (Wildman–Crippen LogP) is 4.37. The first-order chi connectivity index (χ1) is 14.2. The number of ether oxygens (including phenoxy) is 1. The summed E-state index contributed by atoms with van der Waals surface area (Å²) in [6, 6.07) is 0. The van der Waals surface area contributed by atoms with Crippen molar-refractivity contribution in [2.45, 2.75) is 41.5 Å². The second kappa shape index (κ2) is 30.3. The number of methoxy groups -OCH3 is 1. The molecule has 0 spiro atoms. The summed E-state index contributed by atoms with van der Waals surface area (Å²) >= 11 is 1.67. The molecule has 0 saturated carbocycles. The van der Waals surface area contributed by atoms with E-state index < -0.39 is 0 Å². The van der Waals surface area contributed by atoms with Crippen molar-refractivity contribution in [1.82, 2.24) is 9.80 Å². The van der Waals surface area contributed by atoms with E-state index in [0.29, 0.717) is 0 Å². The Morgan fingerprint density at radius 3 is 0.935 bits per heavy atom. The number of hydrogen-bond donors (Lipinski definition) is 0. The van der Waals surface area contributed by atoms with Crippen molar-refractivity contribution in [2.24, 2.45) is 25.0 Å². The van der Waals surface area contributed by atoms with E-state index in [1.165, 1.54) is 0 Å².